The second-order valence-corrected chi connectivity index (χ2v) is 5.38. The molecule has 8 heteroatoms. The van der Waals surface area contributed by atoms with Crippen LogP contribution in [0.4, 0.5) is 19.0 Å². The number of nitrogens with zero attached hydrogens (tertiary/aromatic N) is 3. The number of aryl methyl sites for hydroxylation is 1. The summed E-state index contributed by atoms with van der Waals surface area (Å²) < 4.78 is 38.7. The SMILES string of the molecule is Cc1ccccc1CSc1nc(N)c(C#N)c(C(F)(F)F)n1. The Hall–Kier alpha value is -2.27. The Morgan fingerprint density at radius 1 is 1.27 bits per heavy atom. The Balaban J connectivity index is 2.32. The molecule has 1 heterocycles. The van der Waals surface area contributed by atoms with Crippen LogP contribution in [-0.4, -0.2) is 9.97 Å². The van der Waals surface area contributed by atoms with Crippen molar-refractivity contribution >= 4 is 17.6 Å². The Bertz CT molecular complexity index is 738. The predicted molar refractivity (Wildman–Crippen MR) is 76.9 cm³/mol. The molecule has 0 aliphatic rings. The zero-order chi connectivity index (χ0) is 16.3. The first-order chi connectivity index (χ1) is 10.3. The van der Waals surface area contributed by atoms with Crippen LogP contribution in [0.5, 0.6) is 0 Å². The van der Waals surface area contributed by atoms with E-state index in [4.69, 9.17) is 11.0 Å². The van der Waals surface area contributed by atoms with Gasteiger partial charge >= 0.3 is 6.18 Å². The minimum Gasteiger partial charge on any atom is -0.382 e. The van der Waals surface area contributed by atoms with Crippen molar-refractivity contribution in [1.82, 2.24) is 9.97 Å². The highest BCUT2D eigenvalue weighted by Gasteiger charge is 2.37. The van der Waals surface area contributed by atoms with Crippen LogP contribution in [-0.2, 0) is 11.9 Å². The van der Waals surface area contributed by atoms with Crippen molar-refractivity contribution in [3.8, 4) is 6.07 Å². The highest BCUT2D eigenvalue weighted by Crippen LogP contribution is 2.34. The first-order valence-corrected chi connectivity index (χ1v) is 7.13. The summed E-state index contributed by atoms with van der Waals surface area (Å²) >= 11 is 1.04. The van der Waals surface area contributed by atoms with Gasteiger partial charge in [0.15, 0.2) is 10.9 Å². The third kappa shape index (κ3) is 3.49. The summed E-state index contributed by atoms with van der Waals surface area (Å²) in [4.78, 5) is 7.21. The minimum atomic E-state index is -4.75. The number of thioether (sulfide) groups is 1. The van der Waals surface area contributed by atoms with Crippen molar-refractivity contribution in [2.45, 2.75) is 24.0 Å². The number of hydrogen-bond donors (Lipinski definition) is 1. The zero-order valence-corrected chi connectivity index (χ0v) is 12.3. The standard InChI is InChI=1S/C14H11F3N4S/c1-8-4-2-3-5-9(8)7-22-13-20-11(14(15,16)17)10(6-18)12(19)21-13/h2-5H,7H2,1H3,(H2,19,20,21). The number of alkyl halides is 3. The van der Waals surface area contributed by atoms with Crippen molar-refractivity contribution in [2.75, 3.05) is 5.73 Å². The summed E-state index contributed by atoms with van der Waals surface area (Å²) in [5.41, 5.74) is 5.39. The quantitative estimate of drug-likeness (QED) is 0.690. The monoisotopic (exact) mass is 324 g/mol. The maximum absolute atomic E-state index is 12.9. The molecule has 0 fully saturated rings. The molecule has 114 valence electrons. The molecule has 2 N–H and O–H groups in total. The fourth-order valence-corrected chi connectivity index (χ4v) is 2.68. The third-order valence-corrected chi connectivity index (χ3v) is 3.81. The Morgan fingerprint density at radius 2 is 1.95 bits per heavy atom. The number of hydrogen-bond acceptors (Lipinski definition) is 5. The van der Waals surface area contributed by atoms with Crippen LogP contribution < -0.4 is 5.73 Å². The van der Waals surface area contributed by atoms with E-state index in [-0.39, 0.29) is 5.16 Å². The molecule has 0 saturated carbocycles. The van der Waals surface area contributed by atoms with Crippen LogP contribution >= 0.6 is 11.8 Å². The lowest BCUT2D eigenvalue weighted by atomic mass is 10.1. The van der Waals surface area contributed by atoms with Crippen molar-refractivity contribution in [3.05, 3.63) is 46.6 Å². The maximum atomic E-state index is 12.9. The molecule has 22 heavy (non-hydrogen) atoms. The molecule has 2 aromatic rings. The Labute approximate surface area is 129 Å². The lowest BCUT2D eigenvalue weighted by Gasteiger charge is -2.11. The van der Waals surface area contributed by atoms with E-state index in [0.717, 1.165) is 22.9 Å². The van der Waals surface area contributed by atoms with E-state index in [9.17, 15) is 13.2 Å². The molecule has 1 aromatic carbocycles. The van der Waals surface area contributed by atoms with Gasteiger partial charge in [0.2, 0.25) is 0 Å². The van der Waals surface area contributed by atoms with Gasteiger partial charge in [-0.1, -0.05) is 36.0 Å². The van der Waals surface area contributed by atoms with Crippen LogP contribution in [0.25, 0.3) is 0 Å². The predicted octanol–water partition coefficient (Wildman–Crippen LogP) is 3.55. The lowest BCUT2D eigenvalue weighted by Crippen LogP contribution is -2.14. The topological polar surface area (TPSA) is 75.6 Å². The van der Waals surface area contributed by atoms with E-state index in [0.29, 0.717) is 5.75 Å². The Morgan fingerprint density at radius 3 is 2.55 bits per heavy atom. The number of nitrogen functional groups attached to an aromatic ring is 1. The van der Waals surface area contributed by atoms with Gasteiger partial charge in [-0.3, -0.25) is 0 Å². The normalized spacial score (nSPS) is 11.2. The number of nitrogens with two attached hydrogens (primary N) is 1. The number of benzene rings is 1. The molecule has 0 bridgehead atoms. The molecule has 1 aromatic heterocycles. The molecule has 0 atom stereocenters. The van der Waals surface area contributed by atoms with Crippen molar-refractivity contribution in [1.29, 1.82) is 5.26 Å². The van der Waals surface area contributed by atoms with Gasteiger partial charge in [0.25, 0.3) is 0 Å². The van der Waals surface area contributed by atoms with Gasteiger partial charge in [0.05, 0.1) is 0 Å². The summed E-state index contributed by atoms with van der Waals surface area (Å²) in [5, 5.41) is 8.68. The van der Waals surface area contributed by atoms with Gasteiger partial charge in [-0.25, -0.2) is 9.97 Å². The molecule has 0 radical (unpaired) electrons. The summed E-state index contributed by atoms with van der Waals surface area (Å²) in [7, 11) is 0. The van der Waals surface area contributed by atoms with Gasteiger partial charge < -0.3 is 5.73 Å². The largest absolute Gasteiger partial charge is 0.434 e. The average Bonchev–Trinajstić information content (AvgIpc) is 2.45. The van der Waals surface area contributed by atoms with Gasteiger partial charge in [0.1, 0.15) is 17.5 Å². The van der Waals surface area contributed by atoms with E-state index in [1.54, 1.807) is 0 Å². The number of halogens is 3. The summed E-state index contributed by atoms with van der Waals surface area (Å²) in [6.07, 6.45) is -4.75. The molecule has 2 rings (SSSR count). The molecule has 0 saturated heterocycles. The van der Waals surface area contributed by atoms with E-state index in [1.165, 1.54) is 6.07 Å². The number of anilines is 1. The first-order valence-electron chi connectivity index (χ1n) is 6.15. The molecule has 0 aliphatic carbocycles. The van der Waals surface area contributed by atoms with Crippen molar-refractivity contribution < 1.29 is 13.2 Å². The number of rotatable bonds is 3. The van der Waals surface area contributed by atoms with Crippen LogP contribution in [0.3, 0.4) is 0 Å². The van der Waals surface area contributed by atoms with E-state index < -0.39 is 23.3 Å². The molecule has 0 amide bonds. The third-order valence-electron chi connectivity index (χ3n) is 2.91. The summed E-state index contributed by atoms with van der Waals surface area (Å²) in [5.74, 6) is -0.0490. The first kappa shape index (κ1) is 16.1. The second-order valence-electron chi connectivity index (χ2n) is 4.44. The van der Waals surface area contributed by atoms with Crippen LogP contribution in [0, 0.1) is 18.3 Å². The maximum Gasteiger partial charge on any atom is 0.434 e. The van der Waals surface area contributed by atoms with Crippen LogP contribution in [0.2, 0.25) is 0 Å². The number of nitriles is 1. The van der Waals surface area contributed by atoms with E-state index >= 15 is 0 Å². The van der Waals surface area contributed by atoms with Crippen LogP contribution in [0.1, 0.15) is 22.4 Å². The summed E-state index contributed by atoms with van der Waals surface area (Å²) in [6, 6.07) is 8.91. The van der Waals surface area contributed by atoms with E-state index in [2.05, 4.69) is 9.97 Å². The second kappa shape index (κ2) is 6.23. The smallest absolute Gasteiger partial charge is 0.382 e. The zero-order valence-electron chi connectivity index (χ0n) is 11.5. The minimum absolute atomic E-state index is 0.105. The summed E-state index contributed by atoms with van der Waals surface area (Å²) in [6.45, 7) is 1.91. The molecular weight excluding hydrogens is 313 g/mol. The van der Waals surface area contributed by atoms with Gasteiger partial charge in [-0.05, 0) is 18.1 Å². The van der Waals surface area contributed by atoms with Crippen molar-refractivity contribution in [3.63, 3.8) is 0 Å². The molecule has 4 nitrogen and oxygen atoms in total. The fourth-order valence-electron chi connectivity index (χ4n) is 1.75. The average molecular weight is 324 g/mol. The van der Waals surface area contributed by atoms with Gasteiger partial charge in [-0.2, -0.15) is 18.4 Å². The van der Waals surface area contributed by atoms with Crippen LogP contribution in [0.15, 0.2) is 29.4 Å². The molecule has 0 spiro atoms. The van der Waals surface area contributed by atoms with Crippen molar-refractivity contribution in [2.24, 2.45) is 0 Å². The highest BCUT2D eigenvalue weighted by atomic mass is 32.2. The molecule has 0 aliphatic heterocycles. The molecule has 0 unspecified atom stereocenters. The van der Waals surface area contributed by atoms with E-state index in [1.807, 2.05) is 31.2 Å². The highest BCUT2D eigenvalue weighted by molar-refractivity contribution is 7.98. The van der Waals surface area contributed by atoms with Gasteiger partial charge in [0, 0.05) is 5.75 Å². The number of aromatic nitrogens is 2. The lowest BCUT2D eigenvalue weighted by molar-refractivity contribution is -0.141. The molecular formula is C14H11F3N4S. The van der Waals surface area contributed by atoms with Gasteiger partial charge in [-0.15, -0.1) is 0 Å². The Kier molecular flexibility index (Phi) is 4.56. The fraction of sp³-hybridized carbons (Fsp3) is 0.214.